The Bertz CT molecular complexity index is 584. The summed E-state index contributed by atoms with van der Waals surface area (Å²) in [5.41, 5.74) is 0.815. The monoisotopic (exact) mass is 319 g/mol. The molecule has 0 aliphatic carbocycles. The number of aromatic nitrogens is 1. The molecule has 0 aromatic carbocycles. The molecule has 1 aromatic heterocycles. The molecule has 1 fully saturated rings. The van der Waals surface area contributed by atoms with E-state index in [4.69, 9.17) is 5.11 Å². The van der Waals surface area contributed by atoms with E-state index >= 15 is 0 Å². The van der Waals surface area contributed by atoms with E-state index in [9.17, 15) is 13.2 Å². The number of thiazole rings is 1. The molecule has 2 rings (SSSR count). The zero-order valence-corrected chi connectivity index (χ0v) is 12.7. The van der Waals surface area contributed by atoms with Crippen LogP contribution in [0, 0.1) is 5.92 Å². The van der Waals surface area contributed by atoms with Crippen LogP contribution in [0.5, 0.6) is 0 Å². The minimum absolute atomic E-state index is 0.228. The number of aromatic carboxylic acids is 1. The zero-order valence-electron chi connectivity index (χ0n) is 11.1. The largest absolute Gasteiger partial charge is 0.476 e. The Morgan fingerprint density at radius 1 is 1.65 bits per heavy atom. The summed E-state index contributed by atoms with van der Waals surface area (Å²) < 4.78 is 26.5. The fourth-order valence-electron chi connectivity index (χ4n) is 2.30. The average molecular weight is 319 g/mol. The van der Waals surface area contributed by atoms with Crippen molar-refractivity contribution < 1.29 is 18.3 Å². The van der Waals surface area contributed by atoms with E-state index in [-0.39, 0.29) is 10.1 Å². The molecule has 7 nitrogen and oxygen atoms in total. The Morgan fingerprint density at radius 2 is 2.40 bits per heavy atom. The van der Waals surface area contributed by atoms with E-state index in [0.29, 0.717) is 6.54 Å². The van der Waals surface area contributed by atoms with Gasteiger partial charge in [-0.25, -0.2) is 22.9 Å². The lowest BCUT2D eigenvalue weighted by Gasteiger charge is -2.29. The molecular formula is C11H17N3O4S2. The minimum atomic E-state index is -3.80. The normalized spacial score (nSPS) is 20.9. The van der Waals surface area contributed by atoms with Gasteiger partial charge >= 0.3 is 5.97 Å². The molecule has 0 radical (unpaired) electrons. The summed E-state index contributed by atoms with van der Waals surface area (Å²) >= 11 is 0.819. The molecule has 1 aromatic rings. The minimum Gasteiger partial charge on any atom is -0.476 e. The van der Waals surface area contributed by atoms with E-state index in [1.807, 2.05) is 7.05 Å². The maximum atomic E-state index is 12.1. The lowest BCUT2D eigenvalue weighted by atomic mass is 9.99. The average Bonchev–Trinajstić information content (AvgIpc) is 2.87. The third kappa shape index (κ3) is 3.54. The van der Waals surface area contributed by atoms with Crippen LogP contribution in [0.1, 0.15) is 23.3 Å². The summed E-state index contributed by atoms with van der Waals surface area (Å²) in [6, 6.07) is 0. The second-order valence-electron chi connectivity index (χ2n) is 4.92. The van der Waals surface area contributed by atoms with Crippen molar-refractivity contribution >= 4 is 27.3 Å². The molecule has 1 aliphatic heterocycles. The van der Waals surface area contributed by atoms with Crippen molar-refractivity contribution in [3.05, 3.63) is 11.2 Å². The predicted octanol–water partition coefficient (Wildman–Crippen LogP) is 0.461. The van der Waals surface area contributed by atoms with Crippen molar-refractivity contribution in [2.75, 3.05) is 26.7 Å². The molecule has 2 N–H and O–H groups in total. The predicted molar refractivity (Wildman–Crippen MR) is 74.5 cm³/mol. The highest BCUT2D eigenvalue weighted by Gasteiger charge is 2.27. The third-order valence-electron chi connectivity index (χ3n) is 3.27. The van der Waals surface area contributed by atoms with Gasteiger partial charge in [0.15, 0.2) is 9.90 Å². The molecule has 1 saturated heterocycles. The first-order chi connectivity index (χ1) is 9.40. The standard InChI is InChI=1S/C11H17N3O4S2/c1-14-4-2-3-8(6-14)5-13-20(17,18)11-9(10(15)16)12-7-19-11/h7-8,13H,2-6H2,1H3,(H,15,16). The molecule has 20 heavy (non-hydrogen) atoms. The van der Waals surface area contributed by atoms with Crippen molar-refractivity contribution in [1.82, 2.24) is 14.6 Å². The fraction of sp³-hybridized carbons (Fsp3) is 0.636. The molecule has 0 amide bonds. The molecular weight excluding hydrogens is 302 g/mol. The highest BCUT2D eigenvalue weighted by Crippen LogP contribution is 2.21. The number of carbonyl (C=O) groups is 1. The van der Waals surface area contributed by atoms with Crippen LogP contribution in [0.2, 0.25) is 0 Å². The maximum Gasteiger partial charge on any atom is 0.356 e. The summed E-state index contributed by atoms with van der Waals surface area (Å²) in [7, 11) is -1.80. The SMILES string of the molecule is CN1CCCC(CNS(=O)(=O)c2scnc2C(=O)O)C1. The number of likely N-dealkylation sites (tertiary alicyclic amines) is 1. The van der Waals surface area contributed by atoms with Crippen molar-refractivity contribution in [1.29, 1.82) is 0 Å². The van der Waals surface area contributed by atoms with Crippen molar-refractivity contribution in [3.63, 3.8) is 0 Å². The maximum absolute atomic E-state index is 12.1. The first-order valence-electron chi connectivity index (χ1n) is 6.25. The van der Waals surface area contributed by atoms with Crippen LogP contribution in [0.3, 0.4) is 0 Å². The Kier molecular flexibility index (Phi) is 4.74. The lowest BCUT2D eigenvalue weighted by molar-refractivity contribution is 0.0687. The third-order valence-corrected chi connectivity index (χ3v) is 6.06. The lowest BCUT2D eigenvalue weighted by Crippen LogP contribution is -2.39. The van der Waals surface area contributed by atoms with Crippen LogP contribution >= 0.6 is 11.3 Å². The first-order valence-corrected chi connectivity index (χ1v) is 8.61. The number of rotatable bonds is 5. The van der Waals surface area contributed by atoms with E-state index in [0.717, 1.165) is 37.3 Å². The molecule has 9 heteroatoms. The van der Waals surface area contributed by atoms with Crippen molar-refractivity contribution in [2.24, 2.45) is 5.92 Å². The topological polar surface area (TPSA) is 99.6 Å². The summed E-state index contributed by atoms with van der Waals surface area (Å²) in [5, 5.41) is 8.91. The molecule has 2 heterocycles. The van der Waals surface area contributed by atoms with Gasteiger partial charge in [-0.2, -0.15) is 0 Å². The van der Waals surface area contributed by atoms with Gasteiger partial charge in [0, 0.05) is 13.1 Å². The van der Waals surface area contributed by atoms with Crippen LogP contribution in [0.25, 0.3) is 0 Å². The van der Waals surface area contributed by atoms with Gasteiger partial charge in [-0.3, -0.25) is 0 Å². The highest BCUT2D eigenvalue weighted by molar-refractivity contribution is 7.91. The van der Waals surface area contributed by atoms with E-state index in [1.165, 1.54) is 5.51 Å². The van der Waals surface area contributed by atoms with Crippen molar-refractivity contribution in [3.8, 4) is 0 Å². The fourth-order valence-corrected chi connectivity index (χ4v) is 4.60. The van der Waals surface area contributed by atoms with Gasteiger partial charge in [-0.15, -0.1) is 11.3 Å². The Morgan fingerprint density at radius 3 is 3.05 bits per heavy atom. The van der Waals surface area contributed by atoms with Gasteiger partial charge in [0.25, 0.3) is 10.0 Å². The first kappa shape index (κ1) is 15.4. The number of piperidine rings is 1. The van der Waals surface area contributed by atoms with Crippen LogP contribution in [-0.4, -0.2) is 56.1 Å². The smallest absolute Gasteiger partial charge is 0.356 e. The Balaban J connectivity index is 2.04. The van der Waals surface area contributed by atoms with Crippen LogP contribution in [0.4, 0.5) is 0 Å². The van der Waals surface area contributed by atoms with Gasteiger partial charge in [-0.05, 0) is 32.4 Å². The summed E-state index contributed by atoms with van der Waals surface area (Å²) in [5.74, 6) is -1.08. The quantitative estimate of drug-likeness (QED) is 0.818. The highest BCUT2D eigenvalue weighted by atomic mass is 32.2. The number of carboxylic acid groups (broad SMARTS) is 1. The number of hydrogen-bond acceptors (Lipinski definition) is 6. The molecule has 1 unspecified atom stereocenters. The Labute approximate surface area is 121 Å². The number of nitrogens with zero attached hydrogens (tertiary/aromatic N) is 2. The van der Waals surface area contributed by atoms with Crippen LogP contribution in [-0.2, 0) is 10.0 Å². The molecule has 0 bridgehead atoms. The second kappa shape index (κ2) is 6.17. The number of nitrogens with one attached hydrogen (secondary N) is 1. The van der Waals surface area contributed by atoms with Crippen molar-refractivity contribution in [2.45, 2.75) is 17.1 Å². The van der Waals surface area contributed by atoms with Gasteiger partial charge in [0.2, 0.25) is 0 Å². The number of sulfonamides is 1. The summed E-state index contributed by atoms with van der Waals surface area (Å²) in [6.07, 6.45) is 2.02. The number of hydrogen-bond donors (Lipinski definition) is 2. The van der Waals surface area contributed by atoms with Crippen LogP contribution in [0.15, 0.2) is 9.72 Å². The van der Waals surface area contributed by atoms with E-state index in [2.05, 4.69) is 14.6 Å². The molecule has 0 spiro atoms. The van der Waals surface area contributed by atoms with Gasteiger partial charge in [-0.1, -0.05) is 0 Å². The summed E-state index contributed by atoms with van der Waals surface area (Å²) in [6.45, 7) is 2.20. The Hall–Kier alpha value is -1.03. The molecule has 0 saturated carbocycles. The van der Waals surface area contributed by atoms with E-state index < -0.39 is 21.7 Å². The second-order valence-corrected chi connectivity index (χ2v) is 7.73. The van der Waals surface area contributed by atoms with Gasteiger partial charge in [0.1, 0.15) is 0 Å². The molecule has 112 valence electrons. The van der Waals surface area contributed by atoms with Gasteiger partial charge in [0.05, 0.1) is 5.51 Å². The van der Waals surface area contributed by atoms with Gasteiger partial charge < -0.3 is 10.0 Å². The van der Waals surface area contributed by atoms with Crippen LogP contribution < -0.4 is 4.72 Å². The molecule has 1 atom stereocenters. The summed E-state index contributed by atoms with van der Waals surface area (Å²) in [4.78, 5) is 16.7. The number of carboxylic acids is 1. The zero-order chi connectivity index (χ0) is 14.8. The van der Waals surface area contributed by atoms with E-state index in [1.54, 1.807) is 0 Å². The molecule has 1 aliphatic rings.